The van der Waals surface area contributed by atoms with Crippen LogP contribution in [0.4, 0.5) is 15.8 Å². The highest BCUT2D eigenvalue weighted by atomic mass is 35.5. The molecule has 0 saturated heterocycles. The van der Waals surface area contributed by atoms with Gasteiger partial charge in [0.25, 0.3) is 0 Å². The average Bonchev–Trinajstić information content (AvgIpc) is 3.53. The maximum absolute atomic E-state index is 13.9. The minimum atomic E-state index is -1.25. The van der Waals surface area contributed by atoms with Crippen LogP contribution < -0.4 is 21.6 Å². The van der Waals surface area contributed by atoms with Crippen molar-refractivity contribution in [3.8, 4) is 6.07 Å². The molecule has 3 aromatic rings. The van der Waals surface area contributed by atoms with Crippen molar-refractivity contribution in [2.75, 3.05) is 10.6 Å². The number of pyridine rings is 1. The molecule has 2 saturated carbocycles. The van der Waals surface area contributed by atoms with Gasteiger partial charge in [0, 0.05) is 35.6 Å². The molecule has 1 aromatic heterocycles. The fourth-order valence-electron chi connectivity index (χ4n) is 5.65. The second kappa shape index (κ2) is 9.62. The normalized spacial score (nSPS) is 21.7. The monoisotopic (exact) mass is 541 g/mol. The maximum atomic E-state index is 13.9. The Bertz CT molecular complexity index is 1500. The second-order valence-corrected chi connectivity index (χ2v) is 11.9. The SMILES string of the molecule is [B]C(Nc1cc(Cl)c2ncc(C#N)c(NC3CCCC3(C)C)c2c1)(C1=CN(C2CC2)NN1)c1ccc(F)cc1. The van der Waals surface area contributed by atoms with Crippen LogP contribution in [0.5, 0.6) is 0 Å². The van der Waals surface area contributed by atoms with Gasteiger partial charge in [-0.15, -0.1) is 5.53 Å². The molecule has 4 N–H and O–H groups in total. The van der Waals surface area contributed by atoms with Crippen molar-refractivity contribution in [1.82, 2.24) is 21.0 Å². The predicted octanol–water partition coefficient (Wildman–Crippen LogP) is 5.65. The van der Waals surface area contributed by atoms with Gasteiger partial charge < -0.3 is 16.1 Å². The molecule has 1 aliphatic heterocycles. The fourth-order valence-corrected chi connectivity index (χ4v) is 5.92. The number of nitrogens with zero attached hydrogens (tertiary/aromatic N) is 3. The van der Waals surface area contributed by atoms with E-state index in [2.05, 4.69) is 46.5 Å². The van der Waals surface area contributed by atoms with E-state index in [1.165, 1.54) is 12.1 Å². The van der Waals surface area contributed by atoms with Crippen LogP contribution in [-0.4, -0.2) is 29.9 Å². The molecule has 0 amide bonds. The van der Waals surface area contributed by atoms with Gasteiger partial charge in [-0.2, -0.15) is 5.26 Å². The lowest BCUT2D eigenvalue weighted by Crippen LogP contribution is -2.45. The molecule has 198 valence electrons. The Kier molecular flexibility index (Phi) is 6.36. The second-order valence-electron chi connectivity index (χ2n) is 11.4. The van der Waals surface area contributed by atoms with Gasteiger partial charge in [0.2, 0.25) is 0 Å². The van der Waals surface area contributed by atoms with Crippen molar-refractivity contribution in [2.24, 2.45) is 5.41 Å². The van der Waals surface area contributed by atoms with E-state index in [1.807, 2.05) is 17.3 Å². The first kappa shape index (κ1) is 25.8. The summed E-state index contributed by atoms with van der Waals surface area (Å²) in [6.07, 6.45) is 8.98. The lowest BCUT2D eigenvalue weighted by atomic mass is 9.69. The van der Waals surface area contributed by atoms with Crippen LogP contribution in [0.3, 0.4) is 0 Å². The van der Waals surface area contributed by atoms with E-state index >= 15 is 0 Å². The van der Waals surface area contributed by atoms with Crippen molar-refractivity contribution in [1.29, 1.82) is 5.26 Å². The topological polar surface area (TPSA) is 88.0 Å². The summed E-state index contributed by atoms with van der Waals surface area (Å²) in [5.74, 6) is -0.346. The van der Waals surface area contributed by atoms with Crippen molar-refractivity contribution >= 4 is 41.7 Å². The predicted molar refractivity (Wildman–Crippen MR) is 153 cm³/mol. The Morgan fingerprint density at radius 3 is 2.67 bits per heavy atom. The first-order chi connectivity index (χ1) is 18.7. The number of halogens is 2. The van der Waals surface area contributed by atoms with E-state index < -0.39 is 5.44 Å². The van der Waals surface area contributed by atoms with Crippen LogP contribution in [0, 0.1) is 22.6 Å². The van der Waals surface area contributed by atoms with E-state index in [-0.39, 0.29) is 17.3 Å². The first-order valence-electron chi connectivity index (χ1n) is 13.3. The summed E-state index contributed by atoms with van der Waals surface area (Å²) in [6, 6.07) is 12.7. The van der Waals surface area contributed by atoms with Crippen LogP contribution in [-0.2, 0) is 5.44 Å². The van der Waals surface area contributed by atoms with E-state index in [0.717, 1.165) is 43.2 Å². The third-order valence-corrected chi connectivity index (χ3v) is 8.50. The Morgan fingerprint density at radius 2 is 2.00 bits per heavy atom. The minimum absolute atomic E-state index is 0.0953. The first-order valence-corrected chi connectivity index (χ1v) is 13.7. The Hall–Kier alpha value is -3.48. The number of anilines is 2. The highest BCUT2D eigenvalue weighted by molar-refractivity contribution is 6.36. The molecule has 0 bridgehead atoms. The number of hydrogen-bond donors (Lipinski definition) is 4. The molecule has 2 heterocycles. The number of nitriles is 1. The molecular weight excluding hydrogens is 512 g/mol. The Morgan fingerprint density at radius 1 is 1.23 bits per heavy atom. The van der Waals surface area contributed by atoms with E-state index in [1.54, 1.807) is 24.4 Å². The molecule has 2 radical (unpaired) electrons. The highest BCUT2D eigenvalue weighted by Crippen LogP contribution is 2.42. The third-order valence-electron chi connectivity index (χ3n) is 8.22. The molecule has 2 aromatic carbocycles. The lowest BCUT2D eigenvalue weighted by molar-refractivity contribution is 0.260. The molecule has 10 heteroatoms. The summed E-state index contributed by atoms with van der Waals surface area (Å²) < 4.78 is 13.9. The summed E-state index contributed by atoms with van der Waals surface area (Å²) in [5, 5.41) is 20.2. The van der Waals surface area contributed by atoms with E-state index in [4.69, 9.17) is 19.4 Å². The minimum Gasteiger partial charge on any atom is -0.380 e. The van der Waals surface area contributed by atoms with Gasteiger partial charge in [-0.1, -0.05) is 44.0 Å². The largest absolute Gasteiger partial charge is 0.380 e. The molecule has 6 rings (SSSR count). The molecule has 3 aliphatic rings. The third kappa shape index (κ3) is 4.77. The lowest BCUT2D eigenvalue weighted by Gasteiger charge is -2.34. The van der Waals surface area contributed by atoms with E-state index in [0.29, 0.717) is 39.1 Å². The average molecular weight is 542 g/mol. The molecular formula is C29H30BClFN7. The molecule has 0 spiro atoms. The van der Waals surface area contributed by atoms with Crippen LogP contribution >= 0.6 is 11.6 Å². The summed E-state index contributed by atoms with van der Waals surface area (Å²) >= 11 is 6.78. The van der Waals surface area contributed by atoms with Gasteiger partial charge in [-0.3, -0.25) is 9.99 Å². The maximum Gasteiger partial charge on any atom is 0.123 e. The summed E-state index contributed by atoms with van der Waals surface area (Å²) in [6.45, 7) is 4.50. The van der Waals surface area contributed by atoms with Gasteiger partial charge in [-0.05, 0) is 60.9 Å². The molecule has 2 aliphatic carbocycles. The summed E-state index contributed by atoms with van der Waals surface area (Å²) in [4.78, 5) is 4.51. The van der Waals surface area contributed by atoms with E-state index in [9.17, 15) is 9.65 Å². The molecule has 39 heavy (non-hydrogen) atoms. The Labute approximate surface area is 234 Å². The zero-order chi connectivity index (χ0) is 27.4. The smallest absolute Gasteiger partial charge is 0.123 e. The van der Waals surface area contributed by atoms with Crippen molar-refractivity contribution < 1.29 is 4.39 Å². The number of hydrazine groups is 2. The number of benzene rings is 2. The van der Waals surface area contributed by atoms with Crippen LogP contribution in [0.1, 0.15) is 57.1 Å². The zero-order valence-corrected chi connectivity index (χ0v) is 22.7. The van der Waals surface area contributed by atoms with Crippen LogP contribution in [0.15, 0.2) is 54.5 Å². The van der Waals surface area contributed by atoms with Crippen molar-refractivity contribution in [2.45, 2.75) is 63.5 Å². The standard InChI is InChI=1S/C29H30BClFN7/c1-28(2)11-3-4-24(28)35-26-17(14-33)15-34-27-22(26)12-20(13-23(27)31)36-29(30,18-5-7-19(32)8-6-18)25-16-39(38-37-25)21-9-10-21/h5-8,12-13,15-16,21,24,36-38H,3-4,9-11H2,1-2H3,(H,34,35). The zero-order valence-electron chi connectivity index (χ0n) is 22.0. The number of rotatable bonds is 7. The van der Waals surface area contributed by atoms with Gasteiger partial charge >= 0.3 is 0 Å². The summed E-state index contributed by atoms with van der Waals surface area (Å²) in [7, 11) is 7.09. The molecule has 2 fully saturated rings. The van der Waals surface area contributed by atoms with Crippen LogP contribution in [0.25, 0.3) is 10.9 Å². The number of fused-ring (bicyclic) bond motifs is 1. The molecule has 2 unspecified atom stereocenters. The van der Waals surface area contributed by atoms with Gasteiger partial charge in [0.1, 0.15) is 19.7 Å². The van der Waals surface area contributed by atoms with Gasteiger partial charge in [0.15, 0.2) is 0 Å². The summed E-state index contributed by atoms with van der Waals surface area (Å²) in [5.41, 5.74) is 8.96. The van der Waals surface area contributed by atoms with Gasteiger partial charge in [-0.25, -0.2) is 4.39 Å². The number of nitrogens with one attached hydrogen (secondary N) is 4. The van der Waals surface area contributed by atoms with Crippen molar-refractivity contribution in [3.63, 3.8) is 0 Å². The van der Waals surface area contributed by atoms with Gasteiger partial charge in [0.05, 0.1) is 32.9 Å². The number of hydrogen-bond acceptors (Lipinski definition) is 7. The van der Waals surface area contributed by atoms with Crippen molar-refractivity contribution in [3.05, 3.63) is 76.5 Å². The highest BCUT2D eigenvalue weighted by Gasteiger charge is 2.38. The molecule has 2 atom stereocenters. The Balaban J connectivity index is 1.44. The fraction of sp³-hybridized carbons (Fsp3) is 0.379. The number of aromatic nitrogens is 1. The quantitative estimate of drug-likeness (QED) is 0.287. The molecule has 7 nitrogen and oxygen atoms in total. The van der Waals surface area contributed by atoms with Crippen LogP contribution in [0.2, 0.25) is 5.02 Å².